The standard InChI is InChI=1S/C37H60N6O11/c1-22(2)29(35(51)52)41-32(47)30(43(8,39)19-15-10-9-12-16-25-17-13-11-14-18-25)26(34(49)50)20-28(45)24(4)42(36(53)54-37(5,6)7)33(48)23(3)40-31(46)27(38)21-44/h11,13-14,17-18,22-24,26-27,29-30,44H,9-10,12,15-16,19-21,38-39H2,1-8H3,(H3-,40,41,46,47,49,50,51,52)/p+1/t23-,24-,26?,27-,29-,30-,43?/m0/s1. The Balaban J connectivity index is 3.47. The van der Waals surface area contributed by atoms with Crippen molar-refractivity contribution in [1.29, 1.82) is 0 Å². The minimum absolute atomic E-state index is 0.0894. The van der Waals surface area contributed by atoms with Crippen LogP contribution >= 0.6 is 0 Å². The fourth-order valence-electron chi connectivity index (χ4n) is 5.82. The van der Waals surface area contributed by atoms with Crippen molar-refractivity contribution in [3.63, 3.8) is 0 Å². The number of nitrogens with one attached hydrogen (secondary N) is 2. The number of rotatable bonds is 22. The number of imide groups is 1. The molecule has 0 aliphatic rings. The SMILES string of the molecule is CC(C)[C@H](NC(=O)[C@H](C(CC(=O)[C@H](C)N(C(=O)OC(C)(C)C)C(=O)[C@H](C)NC(=O)[C@@H](N)CO)C(=O)O)[N+](C)(N)CCCCCCc1ccccc1)C(=O)O. The summed E-state index contributed by atoms with van der Waals surface area (Å²) in [6.07, 6.45) is 1.54. The number of amides is 4. The first-order valence-corrected chi connectivity index (χ1v) is 18.1. The minimum atomic E-state index is -1.84. The third-order valence-electron chi connectivity index (χ3n) is 8.90. The minimum Gasteiger partial charge on any atom is -0.481 e. The summed E-state index contributed by atoms with van der Waals surface area (Å²) >= 11 is 0. The molecule has 0 aromatic heterocycles. The number of hydrogen-bond donors (Lipinski definition) is 7. The Kier molecular flexibility index (Phi) is 18.9. The van der Waals surface area contributed by atoms with E-state index in [4.69, 9.17) is 16.3 Å². The number of ether oxygens (including phenoxy) is 1. The number of carbonyl (C=O) groups excluding carboxylic acids is 5. The average Bonchev–Trinajstić information content (AvgIpc) is 3.06. The monoisotopic (exact) mass is 765 g/mol. The number of Topliss-reactive ketones (excluding diaryl/α,β-unsaturated/α-hetero) is 1. The Hall–Kier alpha value is -4.45. The lowest BCUT2D eigenvalue weighted by atomic mass is 9.88. The van der Waals surface area contributed by atoms with E-state index in [1.807, 2.05) is 30.3 Å². The van der Waals surface area contributed by atoms with Gasteiger partial charge < -0.3 is 36.4 Å². The average molecular weight is 766 g/mol. The summed E-state index contributed by atoms with van der Waals surface area (Å²) in [6.45, 7) is 9.39. The maximum atomic E-state index is 13.9. The maximum Gasteiger partial charge on any atom is 0.417 e. The number of nitrogens with zero attached hydrogens (tertiary/aromatic N) is 2. The number of nitrogens with two attached hydrogens (primary N) is 2. The molecule has 0 heterocycles. The number of aryl methyl sites for hydroxylation is 1. The summed E-state index contributed by atoms with van der Waals surface area (Å²) in [6, 6.07) is 2.31. The molecule has 0 aliphatic carbocycles. The van der Waals surface area contributed by atoms with Crippen LogP contribution in [-0.2, 0) is 39.9 Å². The first-order chi connectivity index (χ1) is 24.9. The fourth-order valence-corrected chi connectivity index (χ4v) is 5.82. The molecule has 0 bridgehead atoms. The molecule has 0 spiro atoms. The lowest BCUT2D eigenvalue weighted by Crippen LogP contribution is -2.68. The van der Waals surface area contributed by atoms with Crippen molar-refractivity contribution in [3.05, 3.63) is 35.9 Å². The van der Waals surface area contributed by atoms with Crippen LogP contribution in [0.25, 0.3) is 0 Å². The van der Waals surface area contributed by atoms with Crippen LogP contribution < -0.4 is 22.2 Å². The van der Waals surface area contributed by atoms with E-state index in [0.29, 0.717) is 17.7 Å². The molecule has 0 saturated carbocycles. The van der Waals surface area contributed by atoms with Gasteiger partial charge in [0.1, 0.15) is 29.6 Å². The number of hydrogen-bond acceptors (Lipinski definition) is 11. The third-order valence-corrected chi connectivity index (χ3v) is 8.90. The van der Waals surface area contributed by atoms with E-state index in [1.165, 1.54) is 40.3 Å². The molecule has 1 aromatic rings. The summed E-state index contributed by atoms with van der Waals surface area (Å²) in [5, 5.41) is 34.2. The predicted molar refractivity (Wildman–Crippen MR) is 198 cm³/mol. The van der Waals surface area contributed by atoms with Crippen molar-refractivity contribution in [2.75, 3.05) is 20.2 Å². The van der Waals surface area contributed by atoms with Gasteiger partial charge in [-0.05, 0) is 71.8 Å². The van der Waals surface area contributed by atoms with Crippen molar-refractivity contribution in [2.45, 2.75) is 123 Å². The molecule has 2 unspecified atom stereocenters. The summed E-state index contributed by atoms with van der Waals surface area (Å²) in [7, 11) is 1.42. The van der Waals surface area contributed by atoms with E-state index in [1.54, 1.807) is 13.8 Å². The van der Waals surface area contributed by atoms with Crippen LogP contribution in [0, 0.1) is 11.8 Å². The van der Waals surface area contributed by atoms with Crippen molar-refractivity contribution in [2.24, 2.45) is 23.4 Å². The number of unbranched alkanes of at least 4 members (excludes halogenated alkanes) is 3. The van der Waals surface area contributed by atoms with Crippen LogP contribution in [0.2, 0.25) is 0 Å². The van der Waals surface area contributed by atoms with Crippen molar-refractivity contribution >= 4 is 41.5 Å². The number of benzene rings is 1. The fraction of sp³-hybridized carbons (Fsp3) is 0.649. The van der Waals surface area contributed by atoms with Crippen LogP contribution in [0.1, 0.15) is 86.1 Å². The molecule has 9 N–H and O–H groups in total. The van der Waals surface area contributed by atoms with E-state index in [-0.39, 0.29) is 6.54 Å². The molecule has 17 heteroatoms. The van der Waals surface area contributed by atoms with Gasteiger partial charge in [-0.3, -0.25) is 24.0 Å². The van der Waals surface area contributed by atoms with E-state index >= 15 is 0 Å². The topological polar surface area (TPSA) is 269 Å². The molecule has 0 aliphatic heterocycles. The predicted octanol–water partition coefficient (Wildman–Crippen LogP) is 1.34. The van der Waals surface area contributed by atoms with Crippen LogP contribution in [0.5, 0.6) is 0 Å². The largest absolute Gasteiger partial charge is 0.481 e. The van der Waals surface area contributed by atoms with E-state index < -0.39 is 107 Å². The number of aliphatic hydroxyl groups is 1. The van der Waals surface area contributed by atoms with Crippen LogP contribution in [0.15, 0.2) is 30.3 Å². The molecule has 0 fully saturated rings. The highest BCUT2D eigenvalue weighted by atomic mass is 16.6. The molecule has 54 heavy (non-hydrogen) atoms. The highest BCUT2D eigenvalue weighted by molar-refractivity contribution is 6.02. The van der Waals surface area contributed by atoms with Gasteiger partial charge in [-0.25, -0.2) is 19.1 Å². The van der Waals surface area contributed by atoms with Crippen LogP contribution in [0.4, 0.5) is 4.79 Å². The second-order valence-corrected chi connectivity index (χ2v) is 15.2. The summed E-state index contributed by atoms with van der Waals surface area (Å²) in [5.74, 6) is -2.70. The quantitative estimate of drug-likeness (QED) is 0.0381. The normalized spacial score (nSPS) is 16.1. The lowest BCUT2D eigenvalue weighted by molar-refractivity contribution is -0.939. The zero-order valence-electron chi connectivity index (χ0n) is 32.7. The van der Waals surface area contributed by atoms with E-state index in [0.717, 1.165) is 26.2 Å². The molecule has 17 nitrogen and oxygen atoms in total. The van der Waals surface area contributed by atoms with Gasteiger partial charge in [0.2, 0.25) is 5.91 Å². The molecule has 1 rings (SSSR count). The van der Waals surface area contributed by atoms with Gasteiger partial charge in [0.25, 0.3) is 11.8 Å². The number of aliphatic carboxylic acids is 2. The number of quaternary nitrogens is 1. The van der Waals surface area contributed by atoms with Gasteiger partial charge in [-0.1, -0.05) is 50.6 Å². The first-order valence-electron chi connectivity index (χ1n) is 18.1. The van der Waals surface area contributed by atoms with Gasteiger partial charge >= 0.3 is 18.0 Å². The summed E-state index contributed by atoms with van der Waals surface area (Å²) in [5.41, 5.74) is 5.58. The number of aliphatic hydroxyl groups excluding tert-OH is 1. The Labute approximate surface area is 317 Å². The number of ketones is 1. The van der Waals surface area contributed by atoms with E-state index in [9.17, 15) is 48.9 Å². The molecule has 7 atom stereocenters. The first kappa shape index (κ1) is 47.6. The van der Waals surface area contributed by atoms with Crippen molar-refractivity contribution in [1.82, 2.24) is 15.5 Å². The Morgan fingerprint density at radius 3 is 1.94 bits per heavy atom. The second-order valence-electron chi connectivity index (χ2n) is 15.2. The molecule has 1 aromatic carbocycles. The van der Waals surface area contributed by atoms with Gasteiger partial charge in [-0.15, -0.1) is 0 Å². The Bertz CT molecular complexity index is 1450. The van der Waals surface area contributed by atoms with Crippen molar-refractivity contribution in [3.8, 4) is 0 Å². The van der Waals surface area contributed by atoms with Crippen molar-refractivity contribution < 1.29 is 58.2 Å². The maximum absolute atomic E-state index is 13.9. The summed E-state index contributed by atoms with van der Waals surface area (Å²) in [4.78, 5) is 92.5. The zero-order valence-corrected chi connectivity index (χ0v) is 32.7. The number of carboxylic acids is 2. The van der Waals surface area contributed by atoms with E-state index in [2.05, 4.69) is 10.6 Å². The zero-order chi connectivity index (χ0) is 41.6. The molecular formula is C37H61N6O11+. The number of likely N-dealkylation sites (N-methyl/N-ethyl adjacent to an activating group) is 1. The number of carboxylic acid groups (broad SMARTS) is 2. The Morgan fingerprint density at radius 1 is 0.870 bits per heavy atom. The van der Waals surface area contributed by atoms with Gasteiger partial charge in [-0.2, -0.15) is 5.84 Å². The Morgan fingerprint density at radius 2 is 1.44 bits per heavy atom. The highest BCUT2D eigenvalue weighted by Gasteiger charge is 2.49. The van der Waals surface area contributed by atoms with Gasteiger partial charge in [0.15, 0.2) is 11.8 Å². The third kappa shape index (κ3) is 15.1. The molecule has 4 amide bonds. The van der Waals surface area contributed by atoms with Gasteiger partial charge in [0, 0.05) is 6.42 Å². The molecular weight excluding hydrogens is 704 g/mol. The smallest absolute Gasteiger partial charge is 0.417 e. The lowest BCUT2D eigenvalue weighted by Gasteiger charge is -2.39. The molecule has 0 saturated heterocycles. The molecule has 304 valence electrons. The second kappa shape index (κ2) is 21.4. The number of carbonyl (C=O) groups is 7. The van der Waals surface area contributed by atoms with Gasteiger partial charge in [0.05, 0.1) is 26.2 Å². The molecule has 0 radical (unpaired) electrons. The van der Waals surface area contributed by atoms with Crippen LogP contribution in [-0.4, -0.2) is 122 Å². The van der Waals surface area contributed by atoms with Crippen LogP contribution in [0.3, 0.4) is 0 Å². The summed E-state index contributed by atoms with van der Waals surface area (Å²) < 4.78 is 4.66. The highest BCUT2D eigenvalue weighted by Crippen LogP contribution is 2.24.